The second-order valence-electron chi connectivity index (χ2n) is 4.22. The monoisotopic (exact) mass is 252 g/mol. The van der Waals surface area contributed by atoms with Crippen LogP contribution in [0.25, 0.3) is 0 Å². The van der Waals surface area contributed by atoms with Gasteiger partial charge in [0.1, 0.15) is 0 Å². The SMILES string of the molecule is C/C=C\C1=CC=C(Br)C2CCCC[C@H]12. The van der Waals surface area contributed by atoms with Crippen LogP contribution in [0.2, 0.25) is 0 Å². The number of rotatable bonds is 1. The molecule has 0 saturated heterocycles. The molecule has 0 spiro atoms. The first-order valence-corrected chi connectivity index (χ1v) is 6.32. The van der Waals surface area contributed by atoms with Gasteiger partial charge in [-0.1, -0.05) is 53.1 Å². The second-order valence-corrected chi connectivity index (χ2v) is 5.13. The summed E-state index contributed by atoms with van der Waals surface area (Å²) in [6.07, 6.45) is 14.5. The molecule has 2 aliphatic rings. The second kappa shape index (κ2) is 4.48. The molecule has 0 heterocycles. The van der Waals surface area contributed by atoms with Gasteiger partial charge in [0.25, 0.3) is 0 Å². The molecular formula is C13H17Br. The molecule has 0 aliphatic heterocycles. The van der Waals surface area contributed by atoms with E-state index in [9.17, 15) is 0 Å². The Kier molecular flexibility index (Phi) is 3.27. The van der Waals surface area contributed by atoms with E-state index in [1.807, 2.05) is 0 Å². The minimum atomic E-state index is 0.764. The van der Waals surface area contributed by atoms with Crippen LogP contribution < -0.4 is 0 Å². The Morgan fingerprint density at radius 2 is 1.93 bits per heavy atom. The molecule has 1 fully saturated rings. The van der Waals surface area contributed by atoms with Crippen molar-refractivity contribution in [3.05, 3.63) is 34.4 Å². The molecule has 0 aromatic heterocycles. The zero-order valence-electron chi connectivity index (χ0n) is 8.67. The molecule has 0 nitrogen and oxygen atoms in total. The van der Waals surface area contributed by atoms with Gasteiger partial charge in [0.05, 0.1) is 0 Å². The lowest BCUT2D eigenvalue weighted by Gasteiger charge is -2.34. The standard InChI is InChI=1S/C13H17Br/c1-2-5-10-8-9-13(14)12-7-4-3-6-11(10)12/h2,5,8-9,11-12H,3-4,6-7H2,1H3/b5-2-/t11-,12?/m1/s1. The molecule has 0 amide bonds. The Hall–Kier alpha value is -0.300. The van der Waals surface area contributed by atoms with Gasteiger partial charge in [-0.3, -0.25) is 0 Å². The maximum Gasteiger partial charge on any atom is -0.00122 e. The molecule has 0 aromatic carbocycles. The summed E-state index contributed by atoms with van der Waals surface area (Å²) < 4.78 is 1.41. The molecule has 14 heavy (non-hydrogen) atoms. The Labute approximate surface area is 94.9 Å². The third kappa shape index (κ3) is 1.88. The number of hydrogen-bond donors (Lipinski definition) is 0. The smallest absolute Gasteiger partial charge is 0.00122 e. The van der Waals surface area contributed by atoms with Crippen LogP contribution in [0.1, 0.15) is 32.6 Å². The van der Waals surface area contributed by atoms with E-state index in [2.05, 4.69) is 47.2 Å². The van der Waals surface area contributed by atoms with Gasteiger partial charge in [-0.05, 0) is 41.7 Å². The van der Waals surface area contributed by atoms with Gasteiger partial charge in [0, 0.05) is 0 Å². The summed E-state index contributed by atoms with van der Waals surface area (Å²) in [6, 6.07) is 0. The molecule has 2 atom stereocenters. The topological polar surface area (TPSA) is 0 Å². The van der Waals surface area contributed by atoms with E-state index >= 15 is 0 Å². The van der Waals surface area contributed by atoms with Crippen LogP contribution in [0.15, 0.2) is 34.4 Å². The average molecular weight is 253 g/mol. The predicted molar refractivity (Wildman–Crippen MR) is 65.4 cm³/mol. The lowest BCUT2D eigenvalue weighted by molar-refractivity contribution is 0.321. The predicted octanol–water partition coefficient (Wildman–Crippen LogP) is 4.59. The van der Waals surface area contributed by atoms with Crippen molar-refractivity contribution in [2.75, 3.05) is 0 Å². The van der Waals surface area contributed by atoms with Gasteiger partial charge in [0.15, 0.2) is 0 Å². The van der Waals surface area contributed by atoms with E-state index in [1.54, 1.807) is 0 Å². The summed E-state index contributed by atoms with van der Waals surface area (Å²) in [5.74, 6) is 1.54. The third-order valence-electron chi connectivity index (χ3n) is 3.34. The average Bonchev–Trinajstić information content (AvgIpc) is 2.23. The molecule has 2 aliphatic carbocycles. The molecule has 76 valence electrons. The van der Waals surface area contributed by atoms with Gasteiger partial charge >= 0.3 is 0 Å². The summed E-state index contributed by atoms with van der Waals surface area (Å²) >= 11 is 3.70. The minimum Gasteiger partial charge on any atom is -0.0874 e. The molecule has 1 unspecified atom stereocenters. The fraction of sp³-hybridized carbons (Fsp3) is 0.538. The summed E-state index contributed by atoms with van der Waals surface area (Å²) in [5.41, 5.74) is 1.53. The first kappa shape index (κ1) is 10.2. The Morgan fingerprint density at radius 3 is 2.64 bits per heavy atom. The van der Waals surface area contributed by atoms with Crippen molar-refractivity contribution in [3.8, 4) is 0 Å². The fourth-order valence-corrected chi connectivity index (χ4v) is 3.33. The molecule has 0 N–H and O–H groups in total. The van der Waals surface area contributed by atoms with Crippen molar-refractivity contribution in [1.82, 2.24) is 0 Å². The van der Waals surface area contributed by atoms with Gasteiger partial charge in [-0.15, -0.1) is 0 Å². The highest BCUT2D eigenvalue weighted by molar-refractivity contribution is 9.11. The third-order valence-corrected chi connectivity index (χ3v) is 4.19. The van der Waals surface area contributed by atoms with Crippen LogP contribution in [-0.4, -0.2) is 0 Å². The van der Waals surface area contributed by atoms with Gasteiger partial charge in [-0.2, -0.15) is 0 Å². The van der Waals surface area contributed by atoms with Gasteiger partial charge in [0.2, 0.25) is 0 Å². The van der Waals surface area contributed by atoms with Crippen molar-refractivity contribution < 1.29 is 0 Å². The van der Waals surface area contributed by atoms with Crippen LogP contribution in [0, 0.1) is 11.8 Å². The molecule has 1 saturated carbocycles. The molecule has 2 rings (SSSR count). The summed E-state index contributed by atoms with van der Waals surface area (Å²) in [4.78, 5) is 0. The highest BCUT2D eigenvalue weighted by atomic mass is 79.9. The van der Waals surface area contributed by atoms with Crippen LogP contribution in [0.4, 0.5) is 0 Å². The molecule has 0 aromatic rings. The first-order valence-electron chi connectivity index (χ1n) is 5.53. The maximum atomic E-state index is 3.70. The number of hydrogen-bond acceptors (Lipinski definition) is 0. The van der Waals surface area contributed by atoms with E-state index in [1.165, 1.54) is 35.7 Å². The summed E-state index contributed by atoms with van der Waals surface area (Å²) in [6.45, 7) is 2.10. The van der Waals surface area contributed by atoms with E-state index < -0.39 is 0 Å². The van der Waals surface area contributed by atoms with Crippen LogP contribution in [0.3, 0.4) is 0 Å². The van der Waals surface area contributed by atoms with Crippen molar-refractivity contribution in [1.29, 1.82) is 0 Å². The van der Waals surface area contributed by atoms with Crippen molar-refractivity contribution in [3.63, 3.8) is 0 Å². The quantitative estimate of drug-likeness (QED) is 0.641. The lowest BCUT2D eigenvalue weighted by atomic mass is 9.73. The van der Waals surface area contributed by atoms with Gasteiger partial charge < -0.3 is 0 Å². The normalized spacial score (nSPS) is 32.4. The summed E-state index contributed by atoms with van der Waals surface area (Å²) in [5, 5.41) is 0. The van der Waals surface area contributed by atoms with E-state index in [0.29, 0.717) is 0 Å². The van der Waals surface area contributed by atoms with Crippen LogP contribution in [-0.2, 0) is 0 Å². The number of fused-ring (bicyclic) bond motifs is 1. The molecule has 0 bridgehead atoms. The van der Waals surface area contributed by atoms with Crippen molar-refractivity contribution >= 4 is 15.9 Å². The fourth-order valence-electron chi connectivity index (χ4n) is 2.65. The zero-order valence-corrected chi connectivity index (χ0v) is 10.3. The Bertz CT molecular complexity index is 296. The Balaban J connectivity index is 2.25. The zero-order chi connectivity index (χ0) is 9.97. The largest absolute Gasteiger partial charge is 0.0874 e. The Morgan fingerprint density at radius 1 is 1.21 bits per heavy atom. The van der Waals surface area contributed by atoms with Crippen LogP contribution in [0.5, 0.6) is 0 Å². The molecule has 0 radical (unpaired) electrons. The van der Waals surface area contributed by atoms with Crippen LogP contribution >= 0.6 is 15.9 Å². The molecular weight excluding hydrogens is 236 g/mol. The van der Waals surface area contributed by atoms with E-state index in [4.69, 9.17) is 0 Å². The minimum absolute atomic E-state index is 0.764. The molecule has 1 heteroatoms. The van der Waals surface area contributed by atoms with Crippen molar-refractivity contribution in [2.45, 2.75) is 32.6 Å². The van der Waals surface area contributed by atoms with Gasteiger partial charge in [-0.25, -0.2) is 0 Å². The lowest BCUT2D eigenvalue weighted by Crippen LogP contribution is -2.23. The number of allylic oxidation sites excluding steroid dienone is 6. The maximum absolute atomic E-state index is 3.70. The van der Waals surface area contributed by atoms with E-state index in [0.717, 1.165) is 11.8 Å². The highest BCUT2D eigenvalue weighted by Crippen LogP contribution is 2.44. The summed E-state index contributed by atoms with van der Waals surface area (Å²) in [7, 11) is 0. The highest BCUT2D eigenvalue weighted by Gasteiger charge is 2.30. The van der Waals surface area contributed by atoms with Crippen molar-refractivity contribution in [2.24, 2.45) is 11.8 Å². The first-order chi connectivity index (χ1) is 6.83. The van der Waals surface area contributed by atoms with E-state index in [-0.39, 0.29) is 0 Å². The number of halogens is 1.